The van der Waals surface area contributed by atoms with Gasteiger partial charge < -0.3 is 14.6 Å². The molecule has 0 fully saturated rings. The van der Waals surface area contributed by atoms with E-state index in [1.54, 1.807) is 18.2 Å². The highest BCUT2D eigenvalue weighted by Crippen LogP contribution is 2.37. The van der Waals surface area contributed by atoms with Crippen molar-refractivity contribution < 1.29 is 32.5 Å². The van der Waals surface area contributed by atoms with Gasteiger partial charge in [-0.2, -0.15) is 8.78 Å². The van der Waals surface area contributed by atoms with Crippen LogP contribution in [-0.4, -0.2) is 37.2 Å². The zero-order valence-corrected chi connectivity index (χ0v) is 16.4. The first-order valence-electron chi connectivity index (χ1n) is 9.27. The van der Waals surface area contributed by atoms with E-state index in [9.17, 15) is 23.1 Å². The van der Waals surface area contributed by atoms with Gasteiger partial charge in [-0.25, -0.2) is 9.18 Å². The molecule has 160 valence electrons. The molecule has 9 heteroatoms. The minimum absolute atomic E-state index is 0.0592. The van der Waals surface area contributed by atoms with Gasteiger partial charge in [0.05, 0.1) is 18.5 Å². The highest BCUT2D eigenvalue weighted by Gasteiger charge is 2.30. The summed E-state index contributed by atoms with van der Waals surface area (Å²) < 4.78 is 48.0. The fraction of sp³-hybridized carbons (Fsp3) is 0.333. The van der Waals surface area contributed by atoms with Crippen LogP contribution in [-0.2, 0) is 11.2 Å². The molecule has 6 nitrogen and oxygen atoms in total. The van der Waals surface area contributed by atoms with Gasteiger partial charge in [-0.1, -0.05) is 6.07 Å². The average Bonchev–Trinajstić information content (AvgIpc) is 2.72. The number of aliphatic hydroxyl groups is 1. The number of hydrogen-bond donors (Lipinski definition) is 1. The van der Waals surface area contributed by atoms with Crippen molar-refractivity contribution in [2.24, 2.45) is 4.99 Å². The molecular weight excluding hydrogens is 401 g/mol. The lowest BCUT2D eigenvalue weighted by molar-refractivity contribution is -0.0511. The van der Waals surface area contributed by atoms with Gasteiger partial charge in [0.1, 0.15) is 17.7 Å². The van der Waals surface area contributed by atoms with Crippen LogP contribution in [0, 0.1) is 5.82 Å². The number of rotatable bonds is 5. The van der Waals surface area contributed by atoms with E-state index in [1.807, 2.05) is 6.92 Å². The number of aliphatic imine (C=N–C) groups is 1. The third kappa shape index (κ3) is 4.56. The standard InChI is InChI=1S/C21H21F3N2O4/c1-12-6-8-14-16(4-3-5-17(14)26(12)21(28)29-2)25-11-18(27)15-10-13(22)7-9-19(15)30-20(23)24/h3-5,7,9-12,18,20,27H,6,8H2,1-2H3/b25-11+. The van der Waals surface area contributed by atoms with Gasteiger partial charge >= 0.3 is 12.7 Å². The molecule has 0 saturated heterocycles. The number of anilines is 1. The second kappa shape index (κ2) is 9.17. The molecule has 0 aromatic heterocycles. The van der Waals surface area contributed by atoms with Crippen LogP contribution in [0.3, 0.4) is 0 Å². The number of alkyl halides is 2. The van der Waals surface area contributed by atoms with E-state index in [0.717, 1.165) is 30.0 Å². The van der Waals surface area contributed by atoms with E-state index in [2.05, 4.69) is 9.73 Å². The number of carbonyl (C=O) groups excluding carboxylic acids is 1. The lowest BCUT2D eigenvalue weighted by Crippen LogP contribution is -2.42. The van der Waals surface area contributed by atoms with Gasteiger partial charge in [-0.3, -0.25) is 9.89 Å². The third-order valence-corrected chi connectivity index (χ3v) is 4.87. The molecule has 0 radical (unpaired) electrons. The van der Waals surface area contributed by atoms with Crippen molar-refractivity contribution in [3.63, 3.8) is 0 Å². The summed E-state index contributed by atoms with van der Waals surface area (Å²) in [6, 6.07) is 8.02. The Morgan fingerprint density at radius 3 is 2.80 bits per heavy atom. The molecule has 1 aliphatic rings. The number of nitrogens with zero attached hydrogens (tertiary/aromatic N) is 2. The van der Waals surface area contributed by atoms with Crippen LogP contribution in [0.5, 0.6) is 5.75 Å². The van der Waals surface area contributed by atoms with Gasteiger partial charge in [-0.15, -0.1) is 0 Å². The van der Waals surface area contributed by atoms with Crippen LogP contribution in [0.15, 0.2) is 41.4 Å². The molecule has 1 N–H and O–H groups in total. The quantitative estimate of drug-likeness (QED) is 0.705. The van der Waals surface area contributed by atoms with Gasteiger partial charge in [0.2, 0.25) is 0 Å². The number of fused-ring (bicyclic) bond motifs is 1. The lowest BCUT2D eigenvalue weighted by atomic mass is 9.95. The number of amides is 1. The molecule has 2 unspecified atom stereocenters. The van der Waals surface area contributed by atoms with Crippen molar-refractivity contribution in [1.29, 1.82) is 0 Å². The summed E-state index contributed by atoms with van der Waals surface area (Å²) in [4.78, 5) is 18.0. The van der Waals surface area contributed by atoms with E-state index in [0.29, 0.717) is 24.2 Å². The largest absolute Gasteiger partial charge is 0.452 e. The maximum Gasteiger partial charge on any atom is 0.414 e. The molecule has 2 aromatic carbocycles. The van der Waals surface area contributed by atoms with Gasteiger partial charge in [-0.05, 0) is 50.1 Å². The fourth-order valence-corrected chi connectivity index (χ4v) is 3.45. The normalized spacial score (nSPS) is 17.2. The van der Waals surface area contributed by atoms with E-state index >= 15 is 0 Å². The summed E-state index contributed by atoms with van der Waals surface area (Å²) in [6.45, 7) is -1.21. The molecule has 1 heterocycles. The Kier molecular flexibility index (Phi) is 6.61. The SMILES string of the molecule is COC(=O)N1c2cccc(/N=C/C(O)c3cc(F)ccc3OC(F)F)c2CCC1C. The molecule has 0 spiro atoms. The Morgan fingerprint density at radius 2 is 2.10 bits per heavy atom. The Labute approximate surface area is 171 Å². The van der Waals surface area contributed by atoms with Crippen molar-refractivity contribution in [2.75, 3.05) is 12.0 Å². The maximum absolute atomic E-state index is 13.6. The number of methoxy groups -OCH3 is 1. The molecule has 1 amide bonds. The fourth-order valence-electron chi connectivity index (χ4n) is 3.45. The van der Waals surface area contributed by atoms with E-state index in [-0.39, 0.29) is 17.4 Å². The van der Waals surface area contributed by atoms with Crippen molar-refractivity contribution in [1.82, 2.24) is 0 Å². The van der Waals surface area contributed by atoms with Crippen LogP contribution in [0.2, 0.25) is 0 Å². The predicted molar refractivity (Wildman–Crippen MR) is 105 cm³/mol. The molecule has 1 aliphatic heterocycles. The molecule has 0 aliphatic carbocycles. The molecule has 0 saturated carbocycles. The first-order valence-corrected chi connectivity index (χ1v) is 9.27. The zero-order valence-electron chi connectivity index (χ0n) is 16.4. The van der Waals surface area contributed by atoms with Gasteiger partial charge in [0.25, 0.3) is 0 Å². The number of aliphatic hydroxyl groups excluding tert-OH is 1. The topological polar surface area (TPSA) is 71.4 Å². The number of benzene rings is 2. The predicted octanol–water partition coefficient (Wildman–Crippen LogP) is 4.77. The summed E-state index contributed by atoms with van der Waals surface area (Å²) in [5, 5.41) is 10.4. The molecule has 30 heavy (non-hydrogen) atoms. The Bertz CT molecular complexity index is 952. The van der Waals surface area contributed by atoms with Crippen LogP contribution in [0.1, 0.15) is 30.6 Å². The van der Waals surface area contributed by atoms with Gasteiger partial charge in [0.15, 0.2) is 0 Å². The minimum atomic E-state index is -3.12. The van der Waals surface area contributed by atoms with Crippen LogP contribution in [0.25, 0.3) is 0 Å². The van der Waals surface area contributed by atoms with Crippen molar-refractivity contribution in [3.8, 4) is 5.75 Å². The zero-order chi connectivity index (χ0) is 21.8. The van der Waals surface area contributed by atoms with Crippen molar-refractivity contribution in [3.05, 3.63) is 53.3 Å². The Balaban J connectivity index is 1.92. The minimum Gasteiger partial charge on any atom is -0.452 e. The number of ether oxygens (including phenoxy) is 2. The molecule has 2 aromatic rings. The summed E-state index contributed by atoms with van der Waals surface area (Å²) in [5.74, 6) is -1.05. The highest BCUT2D eigenvalue weighted by atomic mass is 19.3. The molecule has 0 bridgehead atoms. The second-order valence-electron chi connectivity index (χ2n) is 6.79. The molecular formula is C21H21F3N2O4. The van der Waals surface area contributed by atoms with E-state index < -0.39 is 24.6 Å². The van der Waals surface area contributed by atoms with E-state index in [4.69, 9.17) is 4.74 Å². The van der Waals surface area contributed by atoms with Crippen LogP contribution in [0.4, 0.5) is 29.3 Å². The molecule has 2 atom stereocenters. The number of carbonyl (C=O) groups is 1. The second-order valence-corrected chi connectivity index (χ2v) is 6.79. The highest BCUT2D eigenvalue weighted by molar-refractivity contribution is 5.91. The van der Waals surface area contributed by atoms with E-state index in [1.165, 1.54) is 12.0 Å². The Hall–Kier alpha value is -3.07. The monoisotopic (exact) mass is 422 g/mol. The summed E-state index contributed by atoms with van der Waals surface area (Å²) in [7, 11) is 1.31. The van der Waals surface area contributed by atoms with Crippen molar-refractivity contribution in [2.45, 2.75) is 38.5 Å². The number of hydrogen-bond acceptors (Lipinski definition) is 5. The average molecular weight is 422 g/mol. The maximum atomic E-state index is 13.6. The summed E-state index contributed by atoms with van der Waals surface area (Å²) >= 11 is 0. The first kappa shape index (κ1) is 21.6. The first-order chi connectivity index (χ1) is 14.3. The number of halogens is 3. The molecule has 3 rings (SSSR count). The Morgan fingerprint density at radius 1 is 1.33 bits per heavy atom. The van der Waals surface area contributed by atoms with Crippen LogP contribution >= 0.6 is 0 Å². The van der Waals surface area contributed by atoms with Crippen LogP contribution < -0.4 is 9.64 Å². The summed E-state index contributed by atoms with van der Waals surface area (Å²) in [6.07, 6.45) is 0.479. The van der Waals surface area contributed by atoms with Crippen molar-refractivity contribution >= 4 is 23.7 Å². The smallest absolute Gasteiger partial charge is 0.414 e. The summed E-state index contributed by atoms with van der Waals surface area (Å²) in [5.41, 5.74) is 1.76. The third-order valence-electron chi connectivity index (χ3n) is 4.87. The van der Waals surface area contributed by atoms with Gasteiger partial charge in [0, 0.05) is 23.4 Å². The lowest BCUT2D eigenvalue weighted by Gasteiger charge is -2.34.